The lowest BCUT2D eigenvalue weighted by Crippen LogP contribution is -2.57. The van der Waals surface area contributed by atoms with Gasteiger partial charge in [-0.3, -0.25) is 14.3 Å². The molecular formula is C14H23N3O3. The van der Waals surface area contributed by atoms with Crippen molar-refractivity contribution in [2.75, 3.05) is 0 Å². The average Bonchev–Trinajstić information content (AvgIpc) is 2.51. The Hall–Kier alpha value is -1.85. The number of aromatic nitrogens is 2. The van der Waals surface area contributed by atoms with Crippen molar-refractivity contribution in [3.63, 3.8) is 0 Å². The van der Waals surface area contributed by atoms with Gasteiger partial charge in [-0.1, -0.05) is 0 Å². The fourth-order valence-electron chi connectivity index (χ4n) is 1.87. The molecular weight excluding hydrogens is 258 g/mol. The van der Waals surface area contributed by atoms with Crippen molar-refractivity contribution >= 4 is 11.9 Å². The molecule has 0 radical (unpaired) electrons. The average molecular weight is 281 g/mol. The van der Waals surface area contributed by atoms with Gasteiger partial charge in [0.05, 0.1) is 22.2 Å². The Balaban J connectivity index is 3.10. The third-order valence-electron chi connectivity index (χ3n) is 4.26. The molecule has 0 unspecified atom stereocenters. The topological polar surface area (TPSA) is 84.2 Å². The fourth-order valence-corrected chi connectivity index (χ4v) is 1.87. The molecule has 1 heterocycles. The molecule has 0 saturated carbocycles. The Kier molecular flexibility index (Phi) is 3.99. The van der Waals surface area contributed by atoms with Gasteiger partial charge < -0.3 is 10.4 Å². The first kappa shape index (κ1) is 16.2. The van der Waals surface area contributed by atoms with E-state index in [9.17, 15) is 14.7 Å². The minimum Gasteiger partial charge on any atom is -0.481 e. The molecule has 0 fully saturated rings. The molecule has 6 nitrogen and oxygen atoms in total. The molecule has 1 aromatic heterocycles. The van der Waals surface area contributed by atoms with Crippen molar-refractivity contribution in [3.05, 3.63) is 17.0 Å². The number of rotatable bonds is 4. The fraction of sp³-hybridized carbons (Fsp3) is 0.643. The maximum absolute atomic E-state index is 12.4. The number of aliphatic carboxylic acids is 1. The first-order valence-corrected chi connectivity index (χ1v) is 6.48. The van der Waals surface area contributed by atoms with Crippen LogP contribution in [0.1, 0.15) is 49.4 Å². The van der Waals surface area contributed by atoms with E-state index in [2.05, 4.69) is 10.4 Å². The summed E-state index contributed by atoms with van der Waals surface area (Å²) in [5, 5.41) is 16.3. The van der Waals surface area contributed by atoms with E-state index in [0.717, 1.165) is 5.69 Å². The summed E-state index contributed by atoms with van der Waals surface area (Å²) in [7, 11) is 1.77. The molecule has 0 aliphatic carbocycles. The maximum atomic E-state index is 12.4. The molecule has 2 N–H and O–H groups in total. The van der Waals surface area contributed by atoms with Gasteiger partial charge in [-0.25, -0.2) is 0 Å². The predicted molar refractivity (Wildman–Crippen MR) is 75.6 cm³/mol. The summed E-state index contributed by atoms with van der Waals surface area (Å²) in [6.07, 6.45) is 0. The number of amides is 1. The zero-order chi connectivity index (χ0) is 15.9. The largest absolute Gasteiger partial charge is 0.481 e. The predicted octanol–water partition coefficient (Wildman–Crippen LogP) is 1.66. The van der Waals surface area contributed by atoms with Crippen molar-refractivity contribution in [2.45, 2.75) is 47.1 Å². The van der Waals surface area contributed by atoms with Crippen LogP contribution >= 0.6 is 0 Å². The highest BCUT2D eigenvalue weighted by molar-refractivity contribution is 5.97. The van der Waals surface area contributed by atoms with Crippen LogP contribution in [0.15, 0.2) is 0 Å². The van der Waals surface area contributed by atoms with Crippen LogP contribution in [0.2, 0.25) is 0 Å². The molecule has 0 saturated heterocycles. The smallest absolute Gasteiger partial charge is 0.311 e. The van der Waals surface area contributed by atoms with Gasteiger partial charge in [0.25, 0.3) is 5.91 Å². The van der Waals surface area contributed by atoms with E-state index in [1.807, 2.05) is 6.92 Å². The van der Waals surface area contributed by atoms with E-state index >= 15 is 0 Å². The van der Waals surface area contributed by atoms with Crippen LogP contribution in [0.3, 0.4) is 0 Å². The second kappa shape index (κ2) is 4.92. The Morgan fingerprint density at radius 1 is 1.20 bits per heavy atom. The third-order valence-corrected chi connectivity index (χ3v) is 4.26. The highest BCUT2D eigenvalue weighted by Gasteiger charge is 2.44. The van der Waals surface area contributed by atoms with Gasteiger partial charge >= 0.3 is 5.97 Å². The quantitative estimate of drug-likeness (QED) is 0.879. The summed E-state index contributed by atoms with van der Waals surface area (Å²) in [6, 6.07) is 0. The van der Waals surface area contributed by atoms with Gasteiger partial charge in [0.15, 0.2) is 0 Å². The molecule has 1 rings (SSSR count). The molecule has 0 atom stereocenters. The summed E-state index contributed by atoms with van der Waals surface area (Å²) in [5.41, 5.74) is -0.103. The third kappa shape index (κ3) is 2.55. The van der Waals surface area contributed by atoms with Crippen LogP contribution in [-0.4, -0.2) is 32.3 Å². The monoisotopic (exact) mass is 281 g/mol. The van der Waals surface area contributed by atoms with E-state index in [4.69, 9.17) is 0 Å². The number of aryl methyl sites for hydroxylation is 2. The van der Waals surface area contributed by atoms with E-state index in [1.54, 1.807) is 46.3 Å². The molecule has 0 aliphatic rings. The Morgan fingerprint density at radius 2 is 1.70 bits per heavy atom. The van der Waals surface area contributed by atoms with Crippen LogP contribution in [-0.2, 0) is 11.8 Å². The maximum Gasteiger partial charge on any atom is 0.311 e. The van der Waals surface area contributed by atoms with E-state index in [1.165, 1.54) is 0 Å². The number of carboxylic acids is 1. The number of nitrogens with zero attached hydrogens (tertiary/aromatic N) is 2. The van der Waals surface area contributed by atoms with E-state index < -0.39 is 16.9 Å². The summed E-state index contributed by atoms with van der Waals surface area (Å²) < 4.78 is 1.64. The Labute approximate surface area is 119 Å². The zero-order valence-electron chi connectivity index (χ0n) is 13.2. The van der Waals surface area contributed by atoms with Gasteiger partial charge in [0.1, 0.15) is 0 Å². The van der Waals surface area contributed by atoms with Gasteiger partial charge in [-0.05, 0) is 41.5 Å². The van der Waals surface area contributed by atoms with E-state index in [-0.39, 0.29) is 5.91 Å². The Bertz CT molecular complexity index is 556. The van der Waals surface area contributed by atoms with Crippen LogP contribution < -0.4 is 5.32 Å². The number of hydrogen-bond donors (Lipinski definition) is 2. The molecule has 0 bridgehead atoms. The zero-order valence-corrected chi connectivity index (χ0v) is 13.2. The number of carbonyl (C=O) groups is 2. The number of carbonyl (C=O) groups excluding carboxylic acids is 1. The van der Waals surface area contributed by atoms with Crippen LogP contribution in [0.4, 0.5) is 0 Å². The standard InChI is InChI=1S/C14H23N3O3/c1-8-10(9(2)17(7)16-8)11(18)15-14(5,6)13(3,4)12(19)20/h1-7H3,(H,15,18)(H,19,20). The lowest BCUT2D eigenvalue weighted by atomic mass is 9.74. The van der Waals surface area contributed by atoms with Crippen molar-refractivity contribution in [2.24, 2.45) is 12.5 Å². The molecule has 1 aromatic rings. The van der Waals surface area contributed by atoms with Crippen molar-refractivity contribution in [1.82, 2.24) is 15.1 Å². The van der Waals surface area contributed by atoms with Crippen molar-refractivity contribution < 1.29 is 14.7 Å². The molecule has 0 aliphatic heterocycles. The SMILES string of the molecule is Cc1nn(C)c(C)c1C(=O)NC(C)(C)C(C)(C)C(=O)O. The Morgan fingerprint density at radius 3 is 2.05 bits per heavy atom. The van der Waals surface area contributed by atoms with Crippen LogP contribution in [0, 0.1) is 19.3 Å². The summed E-state index contributed by atoms with van der Waals surface area (Å²) in [5.74, 6) is -1.25. The van der Waals surface area contributed by atoms with E-state index in [0.29, 0.717) is 11.3 Å². The lowest BCUT2D eigenvalue weighted by molar-refractivity contribution is -0.150. The van der Waals surface area contributed by atoms with Gasteiger partial charge in [0.2, 0.25) is 0 Å². The number of carboxylic acid groups (broad SMARTS) is 1. The summed E-state index contributed by atoms with van der Waals surface area (Å²) in [4.78, 5) is 23.8. The molecule has 0 aromatic carbocycles. The van der Waals surface area contributed by atoms with Crippen molar-refractivity contribution in [1.29, 1.82) is 0 Å². The lowest BCUT2D eigenvalue weighted by Gasteiger charge is -2.38. The minimum atomic E-state index is -1.09. The van der Waals surface area contributed by atoms with Gasteiger partial charge in [-0.15, -0.1) is 0 Å². The number of hydrogen-bond acceptors (Lipinski definition) is 3. The van der Waals surface area contributed by atoms with Crippen molar-refractivity contribution in [3.8, 4) is 0 Å². The van der Waals surface area contributed by atoms with Crippen LogP contribution in [0.5, 0.6) is 0 Å². The first-order chi connectivity index (χ1) is 8.91. The number of nitrogens with one attached hydrogen (secondary N) is 1. The highest BCUT2D eigenvalue weighted by atomic mass is 16.4. The molecule has 1 amide bonds. The first-order valence-electron chi connectivity index (χ1n) is 6.48. The normalized spacial score (nSPS) is 12.3. The summed E-state index contributed by atoms with van der Waals surface area (Å²) >= 11 is 0. The highest BCUT2D eigenvalue weighted by Crippen LogP contribution is 2.31. The summed E-state index contributed by atoms with van der Waals surface area (Å²) in [6.45, 7) is 10.2. The molecule has 112 valence electrons. The van der Waals surface area contributed by atoms with Gasteiger partial charge in [-0.2, -0.15) is 5.10 Å². The molecule has 20 heavy (non-hydrogen) atoms. The second-order valence-electron chi connectivity index (χ2n) is 6.18. The van der Waals surface area contributed by atoms with Crippen LogP contribution in [0.25, 0.3) is 0 Å². The molecule has 6 heteroatoms. The second-order valence-corrected chi connectivity index (χ2v) is 6.18. The van der Waals surface area contributed by atoms with Gasteiger partial charge in [0, 0.05) is 12.7 Å². The molecule has 0 spiro atoms. The minimum absolute atomic E-state index is 0.299.